The van der Waals surface area contributed by atoms with Gasteiger partial charge in [-0.05, 0) is 24.5 Å². The van der Waals surface area contributed by atoms with E-state index < -0.39 is 0 Å². The van der Waals surface area contributed by atoms with Crippen LogP contribution in [0.4, 0.5) is 4.39 Å². The summed E-state index contributed by atoms with van der Waals surface area (Å²) in [7, 11) is 0. The number of rotatable bonds is 2. The summed E-state index contributed by atoms with van der Waals surface area (Å²) in [5.74, 6) is -0.372. The van der Waals surface area contributed by atoms with Crippen LogP contribution in [0.2, 0.25) is 5.02 Å². The standard InChI is InChI=1S/C11H12ClFO/c12-9-4-1-3-8(10(9)13)11(7-14)5-2-6-11/h1,3-4,14H,2,5-7H2. The van der Waals surface area contributed by atoms with Crippen molar-refractivity contribution in [3.05, 3.63) is 34.6 Å². The Hall–Kier alpha value is -0.600. The van der Waals surface area contributed by atoms with E-state index >= 15 is 0 Å². The lowest BCUT2D eigenvalue weighted by atomic mass is 9.65. The van der Waals surface area contributed by atoms with Crippen LogP contribution in [0, 0.1) is 5.82 Å². The molecule has 1 aromatic rings. The van der Waals surface area contributed by atoms with Crippen LogP contribution < -0.4 is 0 Å². The highest BCUT2D eigenvalue weighted by atomic mass is 35.5. The molecule has 1 N–H and O–H groups in total. The van der Waals surface area contributed by atoms with E-state index in [0.29, 0.717) is 5.56 Å². The highest BCUT2D eigenvalue weighted by Gasteiger charge is 2.40. The van der Waals surface area contributed by atoms with Crippen LogP contribution in [0.25, 0.3) is 0 Å². The molecule has 0 heterocycles. The van der Waals surface area contributed by atoms with Crippen molar-refractivity contribution in [1.82, 2.24) is 0 Å². The van der Waals surface area contributed by atoms with Crippen LogP contribution in [0.5, 0.6) is 0 Å². The Bertz CT molecular complexity index is 342. The van der Waals surface area contributed by atoms with Gasteiger partial charge >= 0.3 is 0 Å². The number of hydrogen-bond acceptors (Lipinski definition) is 1. The number of hydrogen-bond donors (Lipinski definition) is 1. The monoisotopic (exact) mass is 214 g/mol. The first-order chi connectivity index (χ1) is 6.69. The molecule has 0 spiro atoms. The summed E-state index contributed by atoms with van der Waals surface area (Å²) in [4.78, 5) is 0. The van der Waals surface area contributed by atoms with Gasteiger partial charge in [0.05, 0.1) is 11.6 Å². The van der Waals surface area contributed by atoms with Gasteiger partial charge in [-0.2, -0.15) is 0 Å². The van der Waals surface area contributed by atoms with Crippen LogP contribution in [-0.2, 0) is 5.41 Å². The number of halogens is 2. The fourth-order valence-corrected chi connectivity index (χ4v) is 2.20. The van der Waals surface area contributed by atoms with E-state index in [4.69, 9.17) is 11.6 Å². The average Bonchev–Trinajstić information content (AvgIpc) is 2.11. The largest absolute Gasteiger partial charge is 0.395 e. The second-order valence-electron chi connectivity index (χ2n) is 3.89. The summed E-state index contributed by atoms with van der Waals surface area (Å²) < 4.78 is 13.7. The van der Waals surface area contributed by atoms with E-state index in [-0.39, 0.29) is 22.9 Å². The third kappa shape index (κ3) is 1.33. The van der Waals surface area contributed by atoms with Crippen LogP contribution >= 0.6 is 11.6 Å². The Morgan fingerprint density at radius 1 is 1.43 bits per heavy atom. The Morgan fingerprint density at radius 2 is 2.14 bits per heavy atom. The molecule has 1 aliphatic rings. The lowest BCUT2D eigenvalue weighted by Crippen LogP contribution is -2.38. The lowest BCUT2D eigenvalue weighted by molar-refractivity contribution is 0.116. The molecular formula is C11H12ClFO. The molecule has 0 amide bonds. The normalized spacial score (nSPS) is 19.1. The summed E-state index contributed by atoms with van der Waals surface area (Å²) >= 11 is 5.70. The van der Waals surface area contributed by atoms with Gasteiger partial charge in [-0.1, -0.05) is 30.2 Å². The Labute approximate surface area is 87.5 Å². The summed E-state index contributed by atoms with van der Waals surface area (Å²) in [6.45, 7) is 0.00423. The van der Waals surface area contributed by atoms with Gasteiger partial charge in [-0.25, -0.2) is 4.39 Å². The van der Waals surface area contributed by atoms with E-state index in [1.54, 1.807) is 12.1 Å². The minimum absolute atomic E-state index is 0.00423. The smallest absolute Gasteiger partial charge is 0.145 e. The van der Waals surface area contributed by atoms with Crippen molar-refractivity contribution in [3.8, 4) is 0 Å². The molecular weight excluding hydrogens is 203 g/mol. The zero-order valence-electron chi connectivity index (χ0n) is 7.76. The van der Waals surface area contributed by atoms with Crippen molar-refractivity contribution in [2.75, 3.05) is 6.61 Å². The lowest BCUT2D eigenvalue weighted by Gasteiger charge is -2.41. The first-order valence-corrected chi connectivity index (χ1v) is 5.13. The van der Waals surface area contributed by atoms with Gasteiger partial charge in [0.15, 0.2) is 0 Å². The number of aliphatic hydroxyl groups excluding tert-OH is 1. The molecule has 1 aromatic carbocycles. The van der Waals surface area contributed by atoms with E-state index in [2.05, 4.69) is 0 Å². The molecule has 3 heteroatoms. The van der Waals surface area contributed by atoms with Crippen molar-refractivity contribution in [2.24, 2.45) is 0 Å². The van der Waals surface area contributed by atoms with Crippen molar-refractivity contribution in [1.29, 1.82) is 0 Å². The van der Waals surface area contributed by atoms with Crippen molar-refractivity contribution in [3.63, 3.8) is 0 Å². The van der Waals surface area contributed by atoms with Crippen LogP contribution in [-0.4, -0.2) is 11.7 Å². The third-order valence-electron chi connectivity index (χ3n) is 3.14. The molecule has 76 valence electrons. The second kappa shape index (κ2) is 3.52. The molecule has 0 atom stereocenters. The molecule has 1 fully saturated rings. The minimum atomic E-state index is -0.372. The first-order valence-electron chi connectivity index (χ1n) is 4.75. The maximum Gasteiger partial charge on any atom is 0.145 e. The van der Waals surface area contributed by atoms with Crippen LogP contribution in [0.3, 0.4) is 0 Å². The van der Waals surface area contributed by atoms with Gasteiger partial charge < -0.3 is 5.11 Å². The fraction of sp³-hybridized carbons (Fsp3) is 0.455. The van der Waals surface area contributed by atoms with Crippen LogP contribution in [0.1, 0.15) is 24.8 Å². The van der Waals surface area contributed by atoms with Crippen molar-refractivity contribution in [2.45, 2.75) is 24.7 Å². The predicted octanol–water partition coefficient (Wildman–Crippen LogP) is 2.89. The van der Waals surface area contributed by atoms with E-state index in [9.17, 15) is 9.50 Å². The molecule has 2 rings (SSSR count). The van der Waals surface area contributed by atoms with Gasteiger partial charge in [0, 0.05) is 5.41 Å². The first kappa shape index (κ1) is 9.94. The summed E-state index contributed by atoms with van der Waals surface area (Å²) in [5.41, 5.74) is 0.202. The number of aliphatic hydroxyl groups is 1. The third-order valence-corrected chi connectivity index (χ3v) is 3.43. The van der Waals surface area contributed by atoms with Crippen LogP contribution in [0.15, 0.2) is 18.2 Å². The zero-order chi connectivity index (χ0) is 10.2. The Morgan fingerprint density at radius 3 is 2.64 bits per heavy atom. The molecule has 14 heavy (non-hydrogen) atoms. The SMILES string of the molecule is OCC1(c2cccc(Cl)c2F)CCC1. The van der Waals surface area contributed by atoms with E-state index in [0.717, 1.165) is 19.3 Å². The van der Waals surface area contributed by atoms with Gasteiger partial charge in [0.1, 0.15) is 5.82 Å². The quantitative estimate of drug-likeness (QED) is 0.803. The van der Waals surface area contributed by atoms with Gasteiger partial charge in [0.25, 0.3) is 0 Å². The maximum atomic E-state index is 13.7. The molecule has 0 saturated heterocycles. The Kier molecular flexibility index (Phi) is 2.50. The predicted molar refractivity (Wildman–Crippen MR) is 54.0 cm³/mol. The molecule has 0 radical (unpaired) electrons. The van der Waals surface area contributed by atoms with Crippen molar-refractivity contribution >= 4 is 11.6 Å². The maximum absolute atomic E-state index is 13.7. The topological polar surface area (TPSA) is 20.2 Å². The molecule has 1 nitrogen and oxygen atoms in total. The fourth-order valence-electron chi connectivity index (χ4n) is 2.03. The summed E-state index contributed by atoms with van der Waals surface area (Å²) in [6.07, 6.45) is 2.74. The highest BCUT2D eigenvalue weighted by molar-refractivity contribution is 6.30. The molecule has 0 aromatic heterocycles. The molecule has 0 unspecified atom stereocenters. The second-order valence-corrected chi connectivity index (χ2v) is 4.30. The minimum Gasteiger partial charge on any atom is -0.395 e. The van der Waals surface area contributed by atoms with E-state index in [1.165, 1.54) is 6.07 Å². The molecule has 1 saturated carbocycles. The van der Waals surface area contributed by atoms with Gasteiger partial charge in [-0.15, -0.1) is 0 Å². The summed E-state index contributed by atoms with van der Waals surface area (Å²) in [6, 6.07) is 4.98. The molecule has 1 aliphatic carbocycles. The average molecular weight is 215 g/mol. The number of benzene rings is 1. The Balaban J connectivity index is 2.45. The molecule has 0 aliphatic heterocycles. The van der Waals surface area contributed by atoms with Gasteiger partial charge in [-0.3, -0.25) is 0 Å². The zero-order valence-corrected chi connectivity index (χ0v) is 8.52. The van der Waals surface area contributed by atoms with E-state index in [1.807, 2.05) is 0 Å². The van der Waals surface area contributed by atoms with Gasteiger partial charge in [0.2, 0.25) is 0 Å². The highest BCUT2D eigenvalue weighted by Crippen LogP contribution is 2.45. The molecule has 0 bridgehead atoms. The van der Waals surface area contributed by atoms with Crippen molar-refractivity contribution < 1.29 is 9.50 Å². The summed E-state index contributed by atoms with van der Waals surface area (Å²) in [5, 5.41) is 9.44.